The predicted molar refractivity (Wildman–Crippen MR) is 82.0 cm³/mol. The van der Waals surface area contributed by atoms with Gasteiger partial charge in [-0.25, -0.2) is 4.39 Å². The summed E-state index contributed by atoms with van der Waals surface area (Å²) in [4.78, 5) is 0. The van der Waals surface area contributed by atoms with E-state index in [1.54, 1.807) is 12.1 Å². The van der Waals surface area contributed by atoms with E-state index in [9.17, 15) is 4.39 Å². The Hall–Kier alpha value is -1.87. The summed E-state index contributed by atoms with van der Waals surface area (Å²) in [5, 5.41) is 0. The van der Waals surface area contributed by atoms with Crippen LogP contribution in [-0.4, -0.2) is 7.11 Å². The second-order valence-electron chi connectivity index (χ2n) is 5.63. The van der Waals surface area contributed by atoms with Crippen molar-refractivity contribution in [1.29, 1.82) is 0 Å². The van der Waals surface area contributed by atoms with Crippen LogP contribution in [0.4, 0.5) is 4.39 Å². The van der Waals surface area contributed by atoms with Crippen molar-refractivity contribution in [3.63, 3.8) is 0 Å². The Bertz CT molecular complexity index is 620. The van der Waals surface area contributed by atoms with Crippen LogP contribution in [-0.2, 0) is 0 Å². The molecule has 3 heteroatoms. The second kappa shape index (κ2) is 5.86. The van der Waals surface area contributed by atoms with Gasteiger partial charge >= 0.3 is 0 Å². The van der Waals surface area contributed by atoms with Gasteiger partial charge in [-0.2, -0.15) is 0 Å². The molecule has 1 aliphatic carbocycles. The van der Waals surface area contributed by atoms with Crippen molar-refractivity contribution >= 4 is 0 Å². The van der Waals surface area contributed by atoms with E-state index in [0.717, 1.165) is 5.56 Å². The van der Waals surface area contributed by atoms with Crippen molar-refractivity contribution in [2.75, 3.05) is 7.11 Å². The standard InChI is InChI=1S/C18H20FNO/c1-21-16-7-3-6-15(19)17(16)18(20)14-10-8-13(9-11-14)12-4-2-5-12/h3,6-12,18H,2,4-5,20H2,1H3. The minimum atomic E-state index is -0.517. The summed E-state index contributed by atoms with van der Waals surface area (Å²) in [6.45, 7) is 0. The van der Waals surface area contributed by atoms with E-state index in [4.69, 9.17) is 10.5 Å². The van der Waals surface area contributed by atoms with Gasteiger partial charge in [0.25, 0.3) is 0 Å². The van der Waals surface area contributed by atoms with Crippen LogP contribution in [0.15, 0.2) is 42.5 Å². The third-order valence-corrected chi connectivity index (χ3v) is 4.42. The fourth-order valence-corrected chi connectivity index (χ4v) is 2.88. The largest absolute Gasteiger partial charge is 0.496 e. The Morgan fingerprint density at radius 2 is 1.86 bits per heavy atom. The van der Waals surface area contributed by atoms with E-state index >= 15 is 0 Å². The highest BCUT2D eigenvalue weighted by Crippen LogP contribution is 2.37. The molecule has 2 N–H and O–H groups in total. The molecule has 0 radical (unpaired) electrons. The lowest BCUT2D eigenvalue weighted by Gasteiger charge is -2.26. The Kier molecular flexibility index (Phi) is 3.93. The van der Waals surface area contributed by atoms with Crippen LogP contribution in [0, 0.1) is 5.82 Å². The average molecular weight is 285 g/mol. The van der Waals surface area contributed by atoms with Gasteiger partial charge in [-0.15, -0.1) is 0 Å². The lowest BCUT2D eigenvalue weighted by molar-refractivity contribution is 0.402. The highest BCUT2D eigenvalue weighted by molar-refractivity contribution is 5.43. The zero-order valence-electron chi connectivity index (χ0n) is 12.2. The van der Waals surface area contributed by atoms with E-state index in [2.05, 4.69) is 12.1 Å². The average Bonchev–Trinajstić information content (AvgIpc) is 2.45. The van der Waals surface area contributed by atoms with Crippen molar-refractivity contribution in [2.45, 2.75) is 31.2 Å². The molecule has 0 amide bonds. The van der Waals surface area contributed by atoms with Gasteiger partial charge in [0.05, 0.1) is 18.7 Å². The molecule has 2 aromatic rings. The van der Waals surface area contributed by atoms with Crippen LogP contribution in [0.5, 0.6) is 5.75 Å². The summed E-state index contributed by atoms with van der Waals surface area (Å²) >= 11 is 0. The molecule has 1 atom stereocenters. The maximum Gasteiger partial charge on any atom is 0.132 e. The summed E-state index contributed by atoms with van der Waals surface area (Å²) in [7, 11) is 1.53. The van der Waals surface area contributed by atoms with E-state index in [-0.39, 0.29) is 5.82 Å². The Morgan fingerprint density at radius 3 is 2.43 bits per heavy atom. The van der Waals surface area contributed by atoms with Crippen LogP contribution in [0.3, 0.4) is 0 Å². The first-order chi connectivity index (χ1) is 10.2. The summed E-state index contributed by atoms with van der Waals surface area (Å²) < 4.78 is 19.3. The monoisotopic (exact) mass is 285 g/mol. The number of rotatable bonds is 4. The van der Waals surface area contributed by atoms with Gasteiger partial charge < -0.3 is 10.5 Å². The van der Waals surface area contributed by atoms with Crippen molar-refractivity contribution in [3.8, 4) is 5.75 Å². The van der Waals surface area contributed by atoms with Gasteiger partial charge in [0.1, 0.15) is 11.6 Å². The van der Waals surface area contributed by atoms with Crippen molar-refractivity contribution < 1.29 is 9.13 Å². The van der Waals surface area contributed by atoms with E-state index in [1.165, 1.54) is 38.0 Å². The lowest BCUT2D eigenvalue weighted by Crippen LogP contribution is -2.15. The maximum atomic E-state index is 14.1. The van der Waals surface area contributed by atoms with Crippen molar-refractivity contribution in [1.82, 2.24) is 0 Å². The SMILES string of the molecule is COc1cccc(F)c1C(N)c1ccc(C2CCC2)cc1. The number of hydrogen-bond donors (Lipinski definition) is 1. The maximum absolute atomic E-state index is 14.1. The zero-order valence-corrected chi connectivity index (χ0v) is 12.2. The van der Waals surface area contributed by atoms with Gasteiger partial charge in [-0.3, -0.25) is 0 Å². The summed E-state index contributed by atoms with van der Waals surface area (Å²) in [6, 6.07) is 12.5. The number of methoxy groups -OCH3 is 1. The van der Waals surface area contributed by atoms with E-state index in [1.807, 2.05) is 12.1 Å². The van der Waals surface area contributed by atoms with Crippen molar-refractivity contribution in [2.24, 2.45) is 5.73 Å². The molecule has 1 fully saturated rings. The molecule has 0 saturated heterocycles. The summed E-state index contributed by atoms with van der Waals surface area (Å²) in [5.74, 6) is 0.855. The van der Waals surface area contributed by atoms with Crippen LogP contribution >= 0.6 is 0 Å². The molecular formula is C18H20FNO. The molecule has 0 heterocycles. The smallest absolute Gasteiger partial charge is 0.132 e. The normalized spacial score (nSPS) is 16.3. The summed E-state index contributed by atoms with van der Waals surface area (Å²) in [6.07, 6.45) is 3.86. The Morgan fingerprint density at radius 1 is 1.14 bits per heavy atom. The third-order valence-electron chi connectivity index (χ3n) is 4.42. The van der Waals surface area contributed by atoms with Crippen molar-refractivity contribution in [3.05, 3.63) is 65.0 Å². The lowest BCUT2D eigenvalue weighted by atomic mass is 9.79. The van der Waals surface area contributed by atoms with E-state index in [0.29, 0.717) is 17.2 Å². The molecule has 21 heavy (non-hydrogen) atoms. The highest BCUT2D eigenvalue weighted by atomic mass is 19.1. The molecule has 0 spiro atoms. The molecule has 1 unspecified atom stereocenters. The molecule has 0 aromatic heterocycles. The minimum absolute atomic E-state index is 0.329. The number of ether oxygens (including phenoxy) is 1. The number of halogens is 1. The quantitative estimate of drug-likeness (QED) is 0.916. The fraction of sp³-hybridized carbons (Fsp3) is 0.333. The molecule has 1 aliphatic rings. The topological polar surface area (TPSA) is 35.2 Å². The molecular weight excluding hydrogens is 265 g/mol. The molecule has 0 aliphatic heterocycles. The predicted octanol–water partition coefficient (Wildman–Crippen LogP) is 4.15. The van der Waals surface area contributed by atoms with Gasteiger partial charge in [0.15, 0.2) is 0 Å². The molecule has 3 rings (SSSR count). The molecule has 1 saturated carbocycles. The second-order valence-corrected chi connectivity index (χ2v) is 5.63. The Labute approximate surface area is 124 Å². The van der Waals surface area contributed by atoms with Gasteiger partial charge in [-0.05, 0) is 42.0 Å². The van der Waals surface area contributed by atoms with Crippen LogP contribution in [0.25, 0.3) is 0 Å². The summed E-state index contributed by atoms with van der Waals surface area (Å²) in [5.41, 5.74) is 8.92. The highest BCUT2D eigenvalue weighted by Gasteiger charge is 2.21. The first-order valence-electron chi connectivity index (χ1n) is 7.38. The number of benzene rings is 2. The minimum Gasteiger partial charge on any atom is -0.496 e. The fourth-order valence-electron chi connectivity index (χ4n) is 2.88. The number of nitrogens with two attached hydrogens (primary N) is 1. The zero-order chi connectivity index (χ0) is 14.8. The molecule has 2 nitrogen and oxygen atoms in total. The first kappa shape index (κ1) is 14.1. The first-order valence-corrected chi connectivity index (χ1v) is 7.38. The van der Waals surface area contributed by atoms with Gasteiger partial charge in [-0.1, -0.05) is 36.8 Å². The third kappa shape index (κ3) is 2.66. The van der Waals surface area contributed by atoms with Gasteiger partial charge in [0.2, 0.25) is 0 Å². The van der Waals surface area contributed by atoms with Crippen LogP contribution < -0.4 is 10.5 Å². The Balaban J connectivity index is 1.89. The number of hydrogen-bond acceptors (Lipinski definition) is 2. The molecule has 0 bridgehead atoms. The molecule has 110 valence electrons. The van der Waals surface area contributed by atoms with Crippen LogP contribution in [0.2, 0.25) is 0 Å². The van der Waals surface area contributed by atoms with E-state index < -0.39 is 6.04 Å². The molecule has 2 aromatic carbocycles. The van der Waals surface area contributed by atoms with Gasteiger partial charge in [0, 0.05) is 0 Å². The van der Waals surface area contributed by atoms with Crippen LogP contribution in [0.1, 0.15) is 47.9 Å².